The molecule has 0 atom stereocenters. The molecule has 0 heterocycles. The smallest absolute Gasteiger partial charge is 0.388 e. The van der Waals surface area contributed by atoms with Gasteiger partial charge in [-0.05, 0) is 18.2 Å². The Morgan fingerprint density at radius 1 is 0.882 bits per heavy atom. The van der Waals surface area contributed by atoms with Crippen molar-refractivity contribution in [3.63, 3.8) is 0 Å². The van der Waals surface area contributed by atoms with Crippen molar-refractivity contribution in [2.45, 2.75) is 12.4 Å². The summed E-state index contributed by atoms with van der Waals surface area (Å²) in [4.78, 5) is 0. The first-order valence-corrected chi connectivity index (χ1v) is 4.00. The zero-order valence-corrected chi connectivity index (χ0v) is 7.86. The molecule has 0 fully saturated rings. The minimum absolute atomic E-state index is 0.0514. The van der Waals surface area contributed by atoms with Crippen molar-refractivity contribution in [1.29, 1.82) is 5.26 Å². The summed E-state index contributed by atoms with van der Waals surface area (Å²) in [5.74, 6) is -0.811. The lowest BCUT2D eigenvalue weighted by Gasteiger charge is -2.12. The van der Waals surface area contributed by atoms with Gasteiger partial charge in [0.05, 0.1) is 11.1 Å². The third-order valence-electron chi connectivity index (χ3n) is 1.72. The number of nitriles is 1. The molecule has 0 amide bonds. The zero-order chi connectivity index (χ0) is 13.3. The molecule has 0 N–H and O–H groups in total. The van der Waals surface area contributed by atoms with Crippen LogP contribution in [0, 0.1) is 11.5 Å². The van der Waals surface area contributed by atoms with Gasteiger partial charge in [-0.15, -0.1) is 5.26 Å². The highest BCUT2D eigenvalue weighted by atomic mass is 19.4. The summed E-state index contributed by atoms with van der Waals surface area (Å²) in [7, 11) is 0. The van der Waals surface area contributed by atoms with E-state index in [1.807, 2.05) is 0 Å². The lowest BCUT2D eigenvalue weighted by molar-refractivity contribution is -0.143. The number of alkyl halides is 6. The third kappa shape index (κ3) is 3.27. The van der Waals surface area contributed by atoms with Crippen LogP contribution in [0.2, 0.25) is 0 Å². The lowest BCUT2D eigenvalue weighted by atomic mass is 10.1. The molecule has 8 heteroatoms. The number of halogens is 6. The number of hydrogen-bond donors (Lipinski definition) is 0. The van der Waals surface area contributed by atoms with Crippen LogP contribution in [0.5, 0.6) is 5.75 Å². The molecule has 0 aliphatic carbocycles. The van der Waals surface area contributed by atoms with Gasteiger partial charge in [0.25, 0.3) is 6.26 Å². The van der Waals surface area contributed by atoms with Gasteiger partial charge in [0.2, 0.25) is 0 Å². The molecular weight excluding hydrogens is 252 g/mol. The van der Waals surface area contributed by atoms with Crippen LogP contribution in [0.4, 0.5) is 26.3 Å². The van der Waals surface area contributed by atoms with Gasteiger partial charge in [-0.3, -0.25) is 0 Å². The molecule has 0 aromatic heterocycles. The van der Waals surface area contributed by atoms with E-state index in [4.69, 9.17) is 5.26 Å². The predicted octanol–water partition coefficient (Wildman–Crippen LogP) is 3.58. The van der Waals surface area contributed by atoms with Gasteiger partial charge in [0.1, 0.15) is 5.75 Å². The molecular formula is C9H3F6NO. The van der Waals surface area contributed by atoms with Gasteiger partial charge in [-0.1, -0.05) is 0 Å². The van der Waals surface area contributed by atoms with Gasteiger partial charge in [-0.2, -0.15) is 26.3 Å². The molecule has 0 saturated carbocycles. The normalized spacial score (nSPS) is 12.1. The number of benzene rings is 1. The van der Waals surface area contributed by atoms with Crippen LogP contribution in [0.25, 0.3) is 0 Å². The summed E-state index contributed by atoms with van der Waals surface area (Å²) in [5, 5.41) is 8.07. The van der Waals surface area contributed by atoms with Crippen LogP contribution < -0.4 is 4.74 Å². The van der Waals surface area contributed by atoms with Crippen LogP contribution in [0.15, 0.2) is 18.2 Å². The van der Waals surface area contributed by atoms with Gasteiger partial charge in [0, 0.05) is 0 Å². The maximum absolute atomic E-state index is 12.3. The van der Waals surface area contributed by atoms with E-state index in [9.17, 15) is 26.3 Å². The Morgan fingerprint density at radius 2 is 1.29 bits per heavy atom. The Kier molecular flexibility index (Phi) is 3.22. The van der Waals surface area contributed by atoms with E-state index in [2.05, 4.69) is 4.74 Å². The second-order valence-corrected chi connectivity index (χ2v) is 2.93. The monoisotopic (exact) mass is 255 g/mol. The van der Waals surface area contributed by atoms with Crippen molar-refractivity contribution in [1.82, 2.24) is 0 Å². The molecule has 2 nitrogen and oxygen atoms in total. The number of hydrogen-bond acceptors (Lipinski definition) is 2. The van der Waals surface area contributed by atoms with Crippen molar-refractivity contribution >= 4 is 0 Å². The van der Waals surface area contributed by atoms with Gasteiger partial charge in [-0.25, -0.2) is 0 Å². The van der Waals surface area contributed by atoms with E-state index in [-0.39, 0.29) is 6.07 Å². The van der Waals surface area contributed by atoms with Crippen LogP contribution >= 0.6 is 0 Å². The first-order chi connectivity index (χ1) is 7.64. The summed E-state index contributed by atoms with van der Waals surface area (Å²) >= 11 is 0. The van der Waals surface area contributed by atoms with Gasteiger partial charge < -0.3 is 4.74 Å². The topological polar surface area (TPSA) is 33.0 Å². The van der Waals surface area contributed by atoms with Crippen LogP contribution in [-0.2, 0) is 12.4 Å². The van der Waals surface area contributed by atoms with Crippen LogP contribution in [0.3, 0.4) is 0 Å². The largest absolute Gasteiger partial charge is 0.416 e. The Bertz CT molecular complexity index is 424. The van der Waals surface area contributed by atoms with Crippen LogP contribution in [0.1, 0.15) is 11.1 Å². The fourth-order valence-corrected chi connectivity index (χ4v) is 1.04. The van der Waals surface area contributed by atoms with Crippen molar-refractivity contribution < 1.29 is 31.1 Å². The fraction of sp³-hybridized carbons (Fsp3) is 0.222. The first kappa shape index (κ1) is 13.2. The lowest BCUT2D eigenvalue weighted by Crippen LogP contribution is -2.10. The molecule has 0 spiro atoms. The average Bonchev–Trinajstić information content (AvgIpc) is 2.15. The molecule has 0 aliphatic heterocycles. The van der Waals surface area contributed by atoms with Crippen molar-refractivity contribution in [2.75, 3.05) is 0 Å². The molecule has 92 valence electrons. The van der Waals surface area contributed by atoms with E-state index >= 15 is 0 Å². The highest BCUT2D eigenvalue weighted by Gasteiger charge is 2.37. The van der Waals surface area contributed by atoms with Crippen molar-refractivity contribution in [3.05, 3.63) is 29.3 Å². The zero-order valence-electron chi connectivity index (χ0n) is 7.86. The molecule has 0 radical (unpaired) electrons. The van der Waals surface area contributed by atoms with Crippen molar-refractivity contribution in [2.24, 2.45) is 0 Å². The number of rotatable bonds is 1. The molecule has 1 aromatic rings. The summed E-state index contributed by atoms with van der Waals surface area (Å²) < 4.78 is 77.6. The maximum Gasteiger partial charge on any atom is 0.416 e. The summed E-state index contributed by atoms with van der Waals surface area (Å²) in [6.07, 6.45) is -8.89. The Balaban J connectivity index is 3.35. The third-order valence-corrected chi connectivity index (χ3v) is 1.72. The second-order valence-electron chi connectivity index (χ2n) is 2.93. The van der Waals surface area contributed by atoms with Gasteiger partial charge in [0.15, 0.2) is 0 Å². The highest BCUT2D eigenvalue weighted by Crippen LogP contribution is 2.37. The summed E-state index contributed by atoms with van der Waals surface area (Å²) in [5.41, 5.74) is -3.06. The molecule has 0 saturated heterocycles. The van der Waals surface area contributed by atoms with Gasteiger partial charge >= 0.3 is 12.4 Å². The molecule has 17 heavy (non-hydrogen) atoms. The van der Waals surface area contributed by atoms with E-state index in [0.717, 1.165) is 6.26 Å². The van der Waals surface area contributed by atoms with Crippen LogP contribution in [-0.4, -0.2) is 0 Å². The first-order valence-electron chi connectivity index (χ1n) is 4.00. The van der Waals surface area contributed by atoms with E-state index in [1.54, 1.807) is 0 Å². The summed E-state index contributed by atoms with van der Waals surface area (Å²) in [6.45, 7) is 0. The summed E-state index contributed by atoms with van der Waals surface area (Å²) in [6, 6.07) is 0.584. The quantitative estimate of drug-likeness (QED) is 0.567. The molecule has 0 bridgehead atoms. The minimum Gasteiger partial charge on any atom is -0.388 e. The fourth-order valence-electron chi connectivity index (χ4n) is 1.04. The number of ether oxygens (including phenoxy) is 1. The maximum atomic E-state index is 12.3. The van der Waals surface area contributed by atoms with Crippen molar-refractivity contribution in [3.8, 4) is 12.0 Å². The highest BCUT2D eigenvalue weighted by molar-refractivity contribution is 5.37. The Hall–Kier alpha value is -1.91. The molecule has 0 aliphatic rings. The standard InChI is InChI=1S/C9H3F6NO/c10-8(11,12)5-1-6(9(13,14)15)3-7(2-5)17-4-16/h1-3H. The second kappa shape index (κ2) is 4.16. The SMILES string of the molecule is N#COc1cc(C(F)(F)F)cc(C(F)(F)F)c1. The Morgan fingerprint density at radius 3 is 1.59 bits per heavy atom. The molecule has 0 unspecified atom stereocenters. The molecule has 1 rings (SSSR count). The molecule has 1 aromatic carbocycles. The predicted molar refractivity (Wildman–Crippen MR) is 42.7 cm³/mol. The van der Waals surface area contributed by atoms with E-state index in [1.165, 1.54) is 0 Å². The average molecular weight is 255 g/mol. The van der Waals surface area contributed by atoms with E-state index in [0.29, 0.717) is 12.1 Å². The number of nitrogens with zero attached hydrogens (tertiary/aromatic N) is 1. The minimum atomic E-state index is -4.95. The Labute approximate surface area is 91.0 Å². The van der Waals surface area contributed by atoms with E-state index < -0.39 is 29.2 Å².